The molecule has 0 atom stereocenters. The molecule has 0 amide bonds. The summed E-state index contributed by atoms with van der Waals surface area (Å²) in [6.07, 6.45) is 3.62. The molecule has 1 aromatic heterocycles. The summed E-state index contributed by atoms with van der Waals surface area (Å²) in [5.74, 6) is 0.612. The lowest BCUT2D eigenvalue weighted by molar-refractivity contribution is -0.107. The van der Waals surface area contributed by atoms with E-state index in [9.17, 15) is 4.79 Å². The Kier molecular flexibility index (Phi) is 3.15. The molecule has 0 aliphatic rings. The summed E-state index contributed by atoms with van der Waals surface area (Å²) in [7, 11) is 0. The predicted molar refractivity (Wildman–Crippen MR) is 61.1 cm³/mol. The largest absolute Gasteiger partial charge is 0.444 e. The second-order valence-corrected chi connectivity index (χ2v) is 3.72. The van der Waals surface area contributed by atoms with Crippen molar-refractivity contribution in [1.82, 2.24) is 4.98 Å². The molecule has 1 heterocycles. The first-order valence-electron chi connectivity index (χ1n) is 5.24. The van der Waals surface area contributed by atoms with Crippen LogP contribution in [0.2, 0.25) is 0 Å². The van der Waals surface area contributed by atoms with E-state index < -0.39 is 0 Å². The predicted octanol–water partition coefficient (Wildman–Crippen LogP) is 2.78. The van der Waals surface area contributed by atoms with Crippen LogP contribution in [0.1, 0.15) is 17.7 Å². The van der Waals surface area contributed by atoms with Crippen LogP contribution in [-0.2, 0) is 11.2 Å². The third kappa shape index (κ3) is 2.37. The first-order valence-corrected chi connectivity index (χ1v) is 5.24. The number of rotatable bonds is 4. The van der Waals surface area contributed by atoms with E-state index in [2.05, 4.69) is 4.98 Å². The van der Waals surface area contributed by atoms with Crippen molar-refractivity contribution in [2.75, 3.05) is 0 Å². The molecule has 0 aliphatic heterocycles. The van der Waals surface area contributed by atoms with Crippen molar-refractivity contribution in [2.24, 2.45) is 0 Å². The van der Waals surface area contributed by atoms with E-state index in [4.69, 9.17) is 4.42 Å². The fourth-order valence-electron chi connectivity index (χ4n) is 1.46. The summed E-state index contributed by atoms with van der Waals surface area (Å²) in [6.45, 7) is 2.04. The number of hydrogen-bond acceptors (Lipinski definition) is 3. The van der Waals surface area contributed by atoms with Crippen LogP contribution >= 0.6 is 0 Å². The normalized spacial score (nSPS) is 10.3. The Balaban J connectivity index is 2.17. The van der Waals surface area contributed by atoms with Crippen LogP contribution in [0.3, 0.4) is 0 Å². The molecule has 2 rings (SSSR count). The zero-order chi connectivity index (χ0) is 11.4. The lowest BCUT2D eigenvalue weighted by atomic mass is 10.1. The standard InChI is InChI=1S/C13H13NO2/c1-10-4-6-11(7-5-10)13-14-12(9-16-13)3-2-8-15/h4-9H,2-3H2,1H3. The van der Waals surface area contributed by atoms with Crippen LogP contribution in [-0.4, -0.2) is 11.3 Å². The van der Waals surface area contributed by atoms with Gasteiger partial charge in [-0.25, -0.2) is 4.98 Å². The van der Waals surface area contributed by atoms with Crippen molar-refractivity contribution in [3.05, 3.63) is 41.8 Å². The Morgan fingerprint density at radius 1 is 1.31 bits per heavy atom. The summed E-state index contributed by atoms with van der Waals surface area (Å²) in [5.41, 5.74) is 2.99. The molecular weight excluding hydrogens is 202 g/mol. The highest BCUT2D eigenvalue weighted by Crippen LogP contribution is 2.19. The molecular formula is C13H13NO2. The van der Waals surface area contributed by atoms with Crippen molar-refractivity contribution in [3.63, 3.8) is 0 Å². The number of nitrogens with zero attached hydrogens (tertiary/aromatic N) is 1. The minimum atomic E-state index is 0.486. The third-order valence-corrected chi connectivity index (χ3v) is 2.37. The third-order valence-electron chi connectivity index (χ3n) is 2.37. The van der Waals surface area contributed by atoms with E-state index >= 15 is 0 Å². The van der Waals surface area contributed by atoms with Crippen molar-refractivity contribution in [3.8, 4) is 11.5 Å². The van der Waals surface area contributed by atoms with Crippen molar-refractivity contribution >= 4 is 6.29 Å². The Morgan fingerprint density at radius 2 is 2.06 bits per heavy atom. The smallest absolute Gasteiger partial charge is 0.226 e. The zero-order valence-electron chi connectivity index (χ0n) is 9.14. The van der Waals surface area contributed by atoms with Crippen LogP contribution in [0.4, 0.5) is 0 Å². The van der Waals surface area contributed by atoms with Gasteiger partial charge in [-0.05, 0) is 25.5 Å². The minimum absolute atomic E-state index is 0.486. The van der Waals surface area contributed by atoms with E-state index in [1.54, 1.807) is 6.26 Å². The fraction of sp³-hybridized carbons (Fsp3) is 0.231. The van der Waals surface area contributed by atoms with Gasteiger partial charge in [0.05, 0.1) is 5.69 Å². The van der Waals surface area contributed by atoms with Gasteiger partial charge in [0.1, 0.15) is 12.5 Å². The average Bonchev–Trinajstić information content (AvgIpc) is 2.76. The monoisotopic (exact) mass is 215 g/mol. The van der Waals surface area contributed by atoms with Gasteiger partial charge in [0.15, 0.2) is 0 Å². The number of aromatic nitrogens is 1. The highest BCUT2D eigenvalue weighted by Gasteiger charge is 2.05. The van der Waals surface area contributed by atoms with Crippen LogP contribution in [0.5, 0.6) is 0 Å². The van der Waals surface area contributed by atoms with Gasteiger partial charge in [-0.15, -0.1) is 0 Å². The lowest BCUT2D eigenvalue weighted by Crippen LogP contribution is -1.86. The highest BCUT2D eigenvalue weighted by molar-refractivity contribution is 5.54. The van der Waals surface area contributed by atoms with Crippen molar-refractivity contribution < 1.29 is 9.21 Å². The van der Waals surface area contributed by atoms with Crippen LogP contribution in [0.15, 0.2) is 34.9 Å². The number of benzene rings is 1. The molecule has 0 saturated carbocycles. The van der Waals surface area contributed by atoms with Gasteiger partial charge >= 0.3 is 0 Å². The number of oxazole rings is 1. The molecule has 1 aromatic carbocycles. The number of hydrogen-bond donors (Lipinski definition) is 0. The van der Waals surface area contributed by atoms with E-state index in [1.807, 2.05) is 31.2 Å². The maximum atomic E-state index is 10.2. The van der Waals surface area contributed by atoms with Gasteiger partial charge in [0.2, 0.25) is 5.89 Å². The van der Waals surface area contributed by atoms with Crippen molar-refractivity contribution in [2.45, 2.75) is 19.8 Å². The summed E-state index contributed by atoms with van der Waals surface area (Å²) in [6, 6.07) is 7.99. The number of aldehydes is 1. The molecule has 0 spiro atoms. The molecule has 0 bridgehead atoms. The summed E-state index contributed by atoms with van der Waals surface area (Å²) in [4.78, 5) is 14.6. The van der Waals surface area contributed by atoms with E-state index in [0.29, 0.717) is 18.7 Å². The molecule has 0 fully saturated rings. The number of aryl methyl sites for hydroxylation is 2. The lowest BCUT2D eigenvalue weighted by Gasteiger charge is -1.95. The Morgan fingerprint density at radius 3 is 2.75 bits per heavy atom. The number of carbonyl (C=O) groups excluding carboxylic acids is 1. The maximum Gasteiger partial charge on any atom is 0.226 e. The van der Waals surface area contributed by atoms with Gasteiger partial charge in [0, 0.05) is 12.0 Å². The molecule has 3 nitrogen and oxygen atoms in total. The highest BCUT2D eigenvalue weighted by atomic mass is 16.3. The van der Waals surface area contributed by atoms with E-state index in [1.165, 1.54) is 5.56 Å². The second-order valence-electron chi connectivity index (χ2n) is 3.72. The van der Waals surface area contributed by atoms with Gasteiger partial charge in [-0.3, -0.25) is 0 Å². The Labute approximate surface area is 94.1 Å². The molecule has 0 aliphatic carbocycles. The Bertz CT molecular complexity index is 471. The summed E-state index contributed by atoms with van der Waals surface area (Å²) in [5, 5.41) is 0. The van der Waals surface area contributed by atoms with E-state index in [-0.39, 0.29) is 0 Å². The molecule has 2 aromatic rings. The zero-order valence-corrected chi connectivity index (χ0v) is 9.14. The fourth-order valence-corrected chi connectivity index (χ4v) is 1.46. The topological polar surface area (TPSA) is 43.1 Å². The number of carbonyl (C=O) groups is 1. The molecule has 16 heavy (non-hydrogen) atoms. The summed E-state index contributed by atoms with van der Waals surface area (Å²) >= 11 is 0. The maximum absolute atomic E-state index is 10.2. The van der Waals surface area contributed by atoms with Crippen LogP contribution in [0.25, 0.3) is 11.5 Å². The average molecular weight is 215 g/mol. The molecule has 0 saturated heterocycles. The second kappa shape index (κ2) is 4.75. The minimum Gasteiger partial charge on any atom is -0.444 e. The van der Waals surface area contributed by atoms with Crippen LogP contribution in [0, 0.1) is 6.92 Å². The molecule has 0 N–H and O–H groups in total. The quantitative estimate of drug-likeness (QED) is 0.736. The van der Waals surface area contributed by atoms with Crippen molar-refractivity contribution in [1.29, 1.82) is 0 Å². The van der Waals surface area contributed by atoms with Gasteiger partial charge in [-0.2, -0.15) is 0 Å². The van der Waals surface area contributed by atoms with Gasteiger partial charge in [-0.1, -0.05) is 17.7 Å². The van der Waals surface area contributed by atoms with Gasteiger partial charge in [0.25, 0.3) is 0 Å². The Hall–Kier alpha value is -1.90. The van der Waals surface area contributed by atoms with Crippen LogP contribution < -0.4 is 0 Å². The SMILES string of the molecule is Cc1ccc(-c2nc(CCC=O)co2)cc1. The summed E-state index contributed by atoms with van der Waals surface area (Å²) < 4.78 is 5.36. The first-order chi connectivity index (χ1) is 7.79. The molecule has 0 unspecified atom stereocenters. The molecule has 82 valence electrons. The van der Waals surface area contributed by atoms with Gasteiger partial charge < -0.3 is 9.21 Å². The first kappa shape index (κ1) is 10.6. The van der Waals surface area contributed by atoms with E-state index in [0.717, 1.165) is 17.5 Å². The molecule has 0 radical (unpaired) electrons. The molecule has 3 heteroatoms.